The van der Waals surface area contributed by atoms with Crippen molar-refractivity contribution in [2.24, 2.45) is 0 Å². The van der Waals surface area contributed by atoms with E-state index in [9.17, 15) is 15.0 Å². The van der Waals surface area contributed by atoms with Gasteiger partial charge < -0.3 is 19.7 Å². The quantitative estimate of drug-likeness (QED) is 0.891. The highest BCUT2D eigenvalue weighted by atomic mass is 16.6. The Kier molecular flexibility index (Phi) is 3.30. The van der Waals surface area contributed by atoms with Crippen molar-refractivity contribution in [2.45, 2.75) is 19.1 Å². The molecule has 22 heavy (non-hydrogen) atoms. The van der Waals surface area contributed by atoms with Crippen LogP contribution in [0.5, 0.6) is 17.2 Å². The number of fused-ring (bicyclic) bond motifs is 1. The molecule has 1 aliphatic rings. The molecule has 5 nitrogen and oxygen atoms in total. The summed E-state index contributed by atoms with van der Waals surface area (Å²) in [5.41, 5.74) is 1.12. The van der Waals surface area contributed by atoms with Gasteiger partial charge in [-0.05, 0) is 6.92 Å². The molecule has 0 saturated heterocycles. The van der Waals surface area contributed by atoms with E-state index < -0.39 is 5.79 Å². The lowest BCUT2D eigenvalue weighted by atomic mass is 9.91. The molecule has 5 heteroatoms. The van der Waals surface area contributed by atoms with Gasteiger partial charge in [-0.25, -0.2) is 0 Å². The summed E-state index contributed by atoms with van der Waals surface area (Å²) in [6.45, 7) is 1.71. The van der Waals surface area contributed by atoms with Gasteiger partial charge in [0.25, 0.3) is 0 Å². The molecule has 1 aliphatic heterocycles. The van der Waals surface area contributed by atoms with Crippen molar-refractivity contribution in [2.75, 3.05) is 7.11 Å². The van der Waals surface area contributed by atoms with Crippen LogP contribution in [0.4, 0.5) is 0 Å². The average molecular weight is 300 g/mol. The molecule has 0 bridgehead atoms. The second kappa shape index (κ2) is 5.03. The summed E-state index contributed by atoms with van der Waals surface area (Å²) >= 11 is 0. The number of phenolic OH excluding ortho intramolecular Hbond substituents is 1. The van der Waals surface area contributed by atoms with Crippen molar-refractivity contribution in [3.05, 3.63) is 53.1 Å². The molecule has 2 aromatic rings. The van der Waals surface area contributed by atoms with Crippen LogP contribution in [-0.2, 0) is 5.79 Å². The maximum atomic E-state index is 12.4. The van der Waals surface area contributed by atoms with Crippen LogP contribution in [0.3, 0.4) is 0 Å². The number of phenols is 1. The number of ketones is 1. The molecule has 114 valence electrons. The Labute approximate surface area is 127 Å². The monoisotopic (exact) mass is 300 g/mol. The number of ether oxygens (including phenoxy) is 2. The summed E-state index contributed by atoms with van der Waals surface area (Å²) in [5.74, 6) is -1.80. The van der Waals surface area contributed by atoms with Crippen LogP contribution in [0.1, 0.15) is 27.9 Å². The highest BCUT2D eigenvalue weighted by molar-refractivity contribution is 6.03. The van der Waals surface area contributed by atoms with E-state index in [1.807, 2.05) is 6.07 Å². The molecule has 2 N–H and O–H groups in total. The summed E-state index contributed by atoms with van der Waals surface area (Å²) in [4.78, 5) is 12.4. The van der Waals surface area contributed by atoms with Gasteiger partial charge in [0.2, 0.25) is 5.79 Å². The first kappa shape index (κ1) is 14.4. The van der Waals surface area contributed by atoms with Gasteiger partial charge >= 0.3 is 0 Å². The number of Topliss-reactive ketones (excluding diaryl/α,β-unsaturated/α-hetero) is 1. The number of benzene rings is 2. The van der Waals surface area contributed by atoms with E-state index in [2.05, 4.69) is 0 Å². The third kappa shape index (κ3) is 2.10. The van der Waals surface area contributed by atoms with Gasteiger partial charge in [0, 0.05) is 17.2 Å². The van der Waals surface area contributed by atoms with Crippen LogP contribution in [0.15, 0.2) is 36.4 Å². The number of rotatable bonds is 2. The molecule has 0 aliphatic carbocycles. The molecule has 3 rings (SSSR count). The van der Waals surface area contributed by atoms with E-state index in [1.54, 1.807) is 31.2 Å². The molecule has 0 spiro atoms. The van der Waals surface area contributed by atoms with Gasteiger partial charge in [-0.15, -0.1) is 0 Å². The minimum atomic E-state index is -1.76. The highest BCUT2D eigenvalue weighted by Gasteiger charge is 2.42. The lowest BCUT2D eigenvalue weighted by molar-refractivity contribution is -0.147. The van der Waals surface area contributed by atoms with E-state index in [4.69, 9.17) is 9.47 Å². The minimum absolute atomic E-state index is 0.0823. The first-order valence-electron chi connectivity index (χ1n) is 6.87. The first-order chi connectivity index (χ1) is 10.5. The number of methoxy groups -OCH3 is 1. The van der Waals surface area contributed by atoms with Crippen LogP contribution in [0, 0.1) is 6.92 Å². The number of aliphatic hydroxyl groups is 1. The lowest BCUT2D eigenvalue weighted by Gasteiger charge is -2.34. The number of carbonyl (C=O) groups is 1. The topological polar surface area (TPSA) is 76.0 Å². The van der Waals surface area contributed by atoms with Gasteiger partial charge in [-0.1, -0.05) is 30.3 Å². The van der Waals surface area contributed by atoms with Crippen LogP contribution in [0.25, 0.3) is 0 Å². The van der Waals surface area contributed by atoms with Crippen LogP contribution in [-0.4, -0.2) is 23.1 Å². The highest BCUT2D eigenvalue weighted by Crippen LogP contribution is 2.46. The van der Waals surface area contributed by atoms with E-state index >= 15 is 0 Å². The maximum Gasteiger partial charge on any atom is 0.242 e. The van der Waals surface area contributed by atoms with Crippen molar-refractivity contribution in [3.8, 4) is 17.2 Å². The van der Waals surface area contributed by atoms with E-state index in [0.29, 0.717) is 16.9 Å². The predicted molar refractivity (Wildman–Crippen MR) is 79.3 cm³/mol. The molecule has 1 unspecified atom stereocenters. The lowest BCUT2D eigenvalue weighted by Crippen LogP contribution is -2.39. The average Bonchev–Trinajstić information content (AvgIpc) is 2.51. The Morgan fingerprint density at radius 3 is 2.59 bits per heavy atom. The predicted octanol–water partition coefficient (Wildman–Crippen LogP) is 2.52. The molecular weight excluding hydrogens is 284 g/mol. The van der Waals surface area contributed by atoms with Crippen LogP contribution in [0.2, 0.25) is 0 Å². The van der Waals surface area contributed by atoms with Gasteiger partial charge in [0.1, 0.15) is 22.8 Å². The number of carbonyl (C=O) groups excluding carboxylic acids is 1. The van der Waals surface area contributed by atoms with E-state index in [1.165, 1.54) is 13.2 Å². The van der Waals surface area contributed by atoms with Crippen molar-refractivity contribution < 1.29 is 24.5 Å². The van der Waals surface area contributed by atoms with E-state index in [0.717, 1.165) is 0 Å². The molecule has 1 atom stereocenters. The van der Waals surface area contributed by atoms with E-state index in [-0.39, 0.29) is 29.3 Å². The van der Waals surface area contributed by atoms with Crippen molar-refractivity contribution >= 4 is 5.78 Å². The molecular formula is C17H16O5. The molecule has 0 fully saturated rings. The maximum absolute atomic E-state index is 12.4. The number of hydrogen-bond acceptors (Lipinski definition) is 5. The molecule has 0 aromatic heterocycles. The van der Waals surface area contributed by atoms with Gasteiger partial charge in [-0.2, -0.15) is 0 Å². The van der Waals surface area contributed by atoms with Gasteiger partial charge in [-0.3, -0.25) is 4.79 Å². The molecule has 2 aromatic carbocycles. The van der Waals surface area contributed by atoms with Crippen molar-refractivity contribution in [3.63, 3.8) is 0 Å². The zero-order chi connectivity index (χ0) is 15.9. The third-order valence-electron chi connectivity index (χ3n) is 3.86. The molecule has 0 saturated carbocycles. The second-order valence-corrected chi connectivity index (χ2v) is 5.28. The Balaban J connectivity index is 2.17. The summed E-state index contributed by atoms with van der Waals surface area (Å²) in [5, 5.41) is 20.8. The minimum Gasteiger partial charge on any atom is -0.507 e. The summed E-state index contributed by atoms with van der Waals surface area (Å²) < 4.78 is 10.9. The number of hydrogen-bond donors (Lipinski definition) is 2. The number of aromatic hydroxyl groups is 1. The molecule has 0 amide bonds. The Hall–Kier alpha value is -2.53. The molecule has 0 radical (unpaired) electrons. The second-order valence-electron chi connectivity index (χ2n) is 5.28. The first-order valence-corrected chi connectivity index (χ1v) is 6.87. The molecule has 1 heterocycles. The van der Waals surface area contributed by atoms with Crippen molar-refractivity contribution in [1.29, 1.82) is 0 Å². The van der Waals surface area contributed by atoms with Gasteiger partial charge in [0.15, 0.2) is 5.78 Å². The fourth-order valence-electron chi connectivity index (χ4n) is 2.70. The largest absolute Gasteiger partial charge is 0.507 e. The summed E-state index contributed by atoms with van der Waals surface area (Å²) in [7, 11) is 1.46. The smallest absolute Gasteiger partial charge is 0.242 e. The summed E-state index contributed by atoms with van der Waals surface area (Å²) in [6, 6.07) is 10.1. The fraction of sp³-hybridized carbons (Fsp3) is 0.235. The van der Waals surface area contributed by atoms with Crippen molar-refractivity contribution in [1.82, 2.24) is 0 Å². The Morgan fingerprint density at radius 2 is 1.95 bits per heavy atom. The SMILES string of the molecule is COc1cc(O)c2c(c1C)OC(O)(c1ccccc1)CC2=O. The Morgan fingerprint density at radius 1 is 1.27 bits per heavy atom. The summed E-state index contributed by atoms with van der Waals surface area (Å²) in [6.07, 6.45) is -0.261. The van der Waals surface area contributed by atoms with Crippen LogP contribution >= 0.6 is 0 Å². The zero-order valence-corrected chi connectivity index (χ0v) is 12.3. The standard InChI is InChI=1S/C17H16O5/c1-10-14(21-2)8-12(18)15-13(19)9-17(20,22-16(10)15)11-6-4-3-5-7-11/h3-8,18,20H,9H2,1-2H3. The third-order valence-corrected chi connectivity index (χ3v) is 3.86. The van der Waals surface area contributed by atoms with Crippen LogP contribution < -0.4 is 9.47 Å². The zero-order valence-electron chi connectivity index (χ0n) is 12.3. The fourth-order valence-corrected chi connectivity index (χ4v) is 2.70. The Bertz CT molecular complexity index is 738. The van der Waals surface area contributed by atoms with Gasteiger partial charge in [0.05, 0.1) is 13.5 Å². The normalized spacial score (nSPS) is 20.2.